The molecule has 4 atom stereocenters. The maximum atomic E-state index is 10.2. The second kappa shape index (κ2) is 7.44. The van der Waals surface area contributed by atoms with Crippen molar-refractivity contribution in [2.75, 3.05) is 20.2 Å². The van der Waals surface area contributed by atoms with Crippen molar-refractivity contribution >= 4 is 29.9 Å². The Kier molecular flexibility index (Phi) is 5.65. The van der Waals surface area contributed by atoms with Crippen molar-refractivity contribution in [1.82, 2.24) is 10.6 Å². The van der Waals surface area contributed by atoms with E-state index in [-0.39, 0.29) is 24.0 Å². The molecule has 4 unspecified atom stereocenters. The van der Waals surface area contributed by atoms with Crippen LogP contribution in [0.2, 0.25) is 0 Å². The minimum Gasteiger partial charge on any atom is -0.464 e. The summed E-state index contributed by atoms with van der Waals surface area (Å²) in [5.41, 5.74) is 0.315. The number of guanidine groups is 1. The minimum absolute atomic E-state index is 0. The highest BCUT2D eigenvalue weighted by atomic mass is 127. The highest BCUT2D eigenvalue weighted by Crippen LogP contribution is 2.62. The number of hydrogen-bond acceptors (Lipinski definition) is 4. The highest BCUT2D eigenvalue weighted by molar-refractivity contribution is 14.0. The molecule has 7 heteroatoms. The van der Waals surface area contributed by atoms with Crippen molar-refractivity contribution in [3.63, 3.8) is 0 Å². The molecule has 0 amide bonds. The van der Waals surface area contributed by atoms with E-state index in [2.05, 4.69) is 15.6 Å². The van der Waals surface area contributed by atoms with Gasteiger partial charge in [0.2, 0.25) is 0 Å². The van der Waals surface area contributed by atoms with E-state index in [1.807, 2.05) is 19.1 Å². The lowest BCUT2D eigenvalue weighted by atomic mass is 9.46. The normalized spacial score (nSPS) is 30.7. The second-order valence-electron chi connectivity index (χ2n) is 7.37. The first kappa shape index (κ1) is 19.0. The van der Waals surface area contributed by atoms with Gasteiger partial charge in [-0.15, -0.1) is 24.0 Å². The van der Waals surface area contributed by atoms with Crippen LogP contribution in [-0.2, 0) is 4.74 Å². The summed E-state index contributed by atoms with van der Waals surface area (Å²) in [4.78, 5) is 4.33. The molecule has 3 aliphatic rings. The second-order valence-corrected chi connectivity index (χ2v) is 7.37. The lowest BCUT2D eigenvalue weighted by Gasteiger charge is -2.63. The van der Waals surface area contributed by atoms with Crippen LogP contribution in [0.15, 0.2) is 21.5 Å². The van der Waals surface area contributed by atoms with Gasteiger partial charge in [0, 0.05) is 31.0 Å². The van der Waals surface area contributed by atoms with Gasteiger partial charge in [0.25, 0.3) is 0 Å². The molecule has 1 aromatic heterocycles. The summed E-state index contributed by atoms with van der Waals surface area (Å²) >= 11 is 0. The number of halogens is 1. The lowest BCUT2D eigenvalue weighted by molar-refractivity contribution is -0.171. The van der Waals surface area contributed by atoms with E-state index >= 15 is 0 Å². The molecule has 0 aromatic carbocycles. The summed E-state index contributed by atoms with van der Waals surface area (Å²) < 4.78 is 11.4. The molecule has 2 aliphatic carbocycles. The Balaban J connectivity index is 0.00000182. The third-order valence-electron chi connectivity index (χ3n) is 6.10. The highest BCUT2D eigenvalue weighted by Gasteiger charge is 2.66. The lowest BCUT2D eigenvalue weighted by Crippen LogP contribution is -2.72. The van der Waals surface area contributed by atoms with Crippen LogP contribution in [0.5, 0.6) is 0 Å². The number of aryl methyl sites for hydroxylation is 1. The number of rotatable bonds is 4. The molecule has 3 N–H and O–H groups in total. The Morgan fingerprint density at radius 2 is 2.24 bits per heavy atom. The Labute approximate surface area is 165 Å². The molecular formula is C18H28IN3O3. The van der Waals surface area contributed by atoms with Gasteiger partial charge in [-0.25, -0.2) is 0 Å². The third-order valence-corrected chi connectivity index (χ3v) is 6.10. The molecule has 1 aliphatic heterocycles. The van der Waals surface area contributed by atoms with Crippen molar-refractivity contribution in [3.05, 3.63) is 23.7 Å². The van der Waals surface area contributed by atoms with Gasteiger partial charge in [-0.1, -0.05) is 6.42 Å². The summed E-state index contributed by atoms with van der Waals surface area (Å²) in [7, 11) is 1.77. The predicted molar refractivity (Wildman–Crippen MR) is 106 cm³/mol. The topological polar surface area (TPSA) is 79.0 Å². The number of nitrogens with zero attached hydrogens (tertiary/aromatic N) is 1. The minimum atomic E-state index is -0.682. The molecule has 25 heavy (non-hydrogen) atoms. The van der Waals surface area contributed by atoms with Crippen LogP contribution in [0.1, 0.15) is 43.3 Å². The number of fused-ring (bicyclic) bond motifs is 2. The fraction of sp³-hybridized carbons (Fsp3) is 0.722. The first-order valence-corrected chi connectivity index (χ1v) is 8.97. The Hall–Kier alpha value is -0.800. The van der Waals surface area contributed by atoms with Gasteiger partial charge in [-0.3, -0.25) is 4.99 Å². The molecule has 2 heterocycles. The van der Waals surface area contributed by atoms with Crippen molar-refractivity contribution in [2.24, 2.45) is 16.3 Å². The zero-order chi connectivity index (χ0) is 16.7. The van der Waals surface area contributed by atoms with Crippen LogP contribution in [0.25, 0.3) is 0 Å². The zero-order valence-electron chi connectivity index (χ0n) is 14.8. The Bertz CT molecular complexity index is 629. The van der Waals surface area contributed by atoms with Crippen molar-refractivity contribution in [1.29, 1.82) is 0 Å². The summed E-state index contributed by atoms with van der Waals surface area (Å²) in [6.07, 6.45) is 4.69. The first-order valence-electron chi connectivity index (χ1n) is 8.97. The molecular weight excluding hydrogens is 433 g/mol. The molecule has 1 saturated heterocycles. The average molecular weight is 461 g/mol. The molecule has 1 spiro atoms. The quantitative estimate of drug-likeness (QED) is 0.365. The maximum Gasteiger partial charge on any atom is 0.191 e. The van der Waals surface area contributed by atoms with E-state index in [1.165, 1.54) is 19.3 Å². The SMILES string of the molecule is CN=C(NCC(O)c1ccc(C)o1)NC1C2CCOC2C12CCC2.I. The summed E-state index contributed by atoms with van der Waals surface area (Å²) in [5, 5.41) is 17.1. The molecule has 0 bridgehead atoms. The van der Waals surface area contributed by atoms with Gasteiger partial charge in [0.05, 0.1) is 12.6 Å². The Morgan fingerprint density at radius 1 is 1.44 bits per heavy atom. The number of aliphatic hydroxyl groups excluding tert-OH is 1. The predicted octanol–water partition coefficient (Wildman–Crippen LogP) is 2.36. The maximum absolute atomic E-state index is 10.2. The van der Waals surface area contributed by atoms with E-state index < -0.39 is 6.10 Å². The molecule has 1 aromatic rings. The summed E-state index contributed by atoms with van der Waals surface area (Å²) in [5.74, 6) is 2.74. The van der Waals surface area contributed by atoms with Crippen molar-refractivity contribution < 1.29 is 14.3 Å². The van der Waals surface area contributed by atoms with Gasteiger partial charge in [0.1, 0.15) is 17.6 Å². The van der Waals surface area contributed by atoms with Gasteiger partial charge >= 0.3 is 0 Å². The number of nitrogens with one attached hydrogen (secondary N) is 2. The van der Waals surface area contributed by atoms with Crippen LogP contribution >= 0.6 is 24.0 Å². The van der Waals surface area contributed by atoms with Gasteiger partial charge in [-0.2, -0.15) is 0 Å². The largest absolute Gasteiger partial charge is 0.464 e. The van der Waals surface area contributed by atoms with E-state index in [0.29, 0.717) is 35.8 Å². The van der Waals surface area contributed by atoms with Crippen molar-refractivity contribution in [2.45, 2.75) is 50.9 Å². The fourth-order valence-electron chi connectivity index (χ4n) is 4.72. The smallest absolute Gasteiger partial charge is 0.191 e. The van der Waals surface area contributed by atoms with Crippen LogP contribution in [0.4, 0.5) is 0 Å². The van der Waals surface area contributed by atoms with Gasteiger partial charge < -0.3 is 24.9 Å². The summed E-state index contributed by atoms with van der Waals surface area (Å²) in [6.45, 7) is 3.13. The van der Waals surface area contributed by atoms with E-state index in [1.54, 1.807) is 7.05 Å². The summed E-state index contributed by atoms with van der Waals surface area (Å²) in [6, 6.07) is 4.11. The number of hydrogen-bond donors (Lipinski definition) is 3. The monoisotopic (exact) mass is 461 g/mol. The molecule has 3 fully saturated rings. The van der Waals surface area contributed by atoms with E-state index in [4.69, 9.17) is 9.15 Å². The third kappa shape index (κ3) is 3.19. The number of ether oxygens (including phenoxy) is 1. The standard InChI is InChI=1S/C18H27N3O3.HI/c1-11-4-5-14(24-11)13(22)10-20-17(19-2)21-15-12-6-9-23-16(12)18(15)7-3-8-18;/h4-5,12-13,15-16,22H,3,6-10H2,1-2H3,(H2,19,20,21);1H. The van der Waals surface area contributed by atoms with E-state index in [9.17, 15) is 5.11 Å². The molecule has 140 valence electrons. The zero-order valence-corrected chi connectivity index (χ0v) is 17.2. The average Bonchev–Trinajstić information content (AvgIpc) is 3.13. The number of aliphatic imine (C=N–C) groups is 1. The van der Waals surface area contributed by atoms with Crippen LogP contribution in [-0.4, -0.2) is 43.4 Å². The van der Waals surface area contributed by atoms with Crippen LogP contribution in [0.3, 0.4) is 0 Å². The van der Waals surface area contributed by atoms with Gasteiger partial charge in [-0.05, 0) is 38.3 Å². The number of aliphatic hydroxyl groups is 1. The molecule has 4 rings (SSSR count). The molecule has 6 nitrogen and oxygen atoms in total. The Morgan fingerprint density at radius 3 is 2.84 bits per heavy atom. The van der Waals surface area contributed by atoms with Crippen molar-refractivity contribution in [3.8, 4) is 0 Å². The van der Waals surface area contributed by atoms with Crippen LogP contribution in [0, 0.1) is 18.3 Å². The first-order chi connectivity index (χ1) is 11.6. The number of furan rings is 1. The molecule has 0 radical (unpaired) electrons. The van der Waals surface area contributed by atoms with E-state index in [0.717, 1.165) is 24.7 Å². The fourth-order valence-corrected chi connectivity index (χ4v) is 4.72. The van der Waals surface area contributed by atoms with Gasteiger partial charge in [0.15, 0.2) is 5.96 Å². The van der Waals surface area contributed by atoms with Crippen LogP contribution < -0.4 is 10.6 Å². The molecule has 2 saturated carbocycles.